The van der Waals surface area contributed by atoms with Crippen molar-refractivity contribution in [2.24, 2.45) is 4.36 Å². The molecule has 8 nitrogen and oxygen atoms in total. The van der Waals surface area contributed by atoms with Gasteiger partial charge < -0.3 is 4.52 Å². The third-order valence-electron chi connectivity index (χ3n) is 3.98. The summed E-state index contributed by atoms with van der Waals surface area (Å²) in [5, 5.41) is 5.55. The van der Waals surface area contributed by atoms with E-state index >= 15 is 0 Å². The molecule has 0 amide bonds. The summed E-state index contributed by atoms with van der Waals surface area (Å²) in [6.07, 6.45) is -1.78. The zero-order valence-electron chi connectivity index (χ0n) is 15.0. The number of thiazole rings is 1. The van der Waals surface area contributed by atoms with Crippen molar-refractivity contribution in [3.05, 3.63) is 46.5 Å². The summed E-state index contributed by atoms with van der Waals surface area (Å²) >= 11 is 1.41. The molecule has 4 heterocycles. The fourth-order valence-corrected chi connectivity index (χ4v) is 4.91. The number of rotatable bonds is 4. The van der Waals surface area contributed by atoms with E-state index in [0.717, 1.165) is 0 Å². The Morgan fingerprint density at radius 1 is 1.31 bits per heavy atom. The Morgan fingerprint density at radius 2 is 2.10 bits per heavy atom. The van der Waals surface area contributed by atoms with Crippen molar-refractivity contribution in [1.82, 2.24) is 24.5 Å². The molecule has 0 N–H and O–H groups in total. The lowest BCUT2D eigenvalue weighted by molar-refractivity contribution is -0.159. The molecule has 29 heavy (non-hydrogen) atoms. The maximum atomic E-state index is 13.3. The van der Waals surface area contributed by atoms with Gasteiger partial charge in [0.1, 0.15) is 10.7 Å². The topological polar surface area (TPSA) is 98.5 Å². The van der Waals surface area contributed by atoms with Gasteiger partial charge in [-0.05, 0) is 19.1 Å². The van der Waals surface area contributed by atoms with E-state index in [4.69, 9.17) is 0 Å². The van der Waals surface area contributed by atoms with Crippen LogP contribution in [0.1, 0.15) is 17.3 Å². The summed E-state index contributed by atoms with van der Waals surface area (Å²) in [6.45, 7) is 1.87. The van der Waals surface area contributed by atoms with E-state index in [1.165, 1.54) is 34.3 Å². The maximum absolute atomic E-state index is 13.3. The first kappa shape index (κ1) is 19.5. The predicted octanol–water partition coefficient (Wildman–Crippen LogP) is 3.82. The number of pyridine rings is 1. The molecule has 1 unspecified atom stereocenters. The standard InChI is InChI=1S/C16H13F3N6O2S2/c1-9-14(29(2,26)21-5-11-7-28-8-20-11)25-6-10(3-4-12(25)22-9)13-23-15(27-24-13)16(17,18)19/h3-4,6-8H,5H2,1-2H3. The van der Waals surface area contributed by atoms with E-state index in [-0.39, 0.29) is 17.9 Å². The van der Waals surface area contributed by atoms with Gasteiger partial charge in [0.25, 0.3) is 0 Å². The summed E-state index contributed by atoms with van der Waals surface area (Å²) in [6, 6.07) is 3.09. The highest BCUT2D eigenvalue weighted by atomic mass is 32.2. The lowest BCUT2D eigenvalue weighted by Gasteiger charge is -2.06. The van der Waals surface area contributed by atoms with Crippen molar-refractivity contribution in [3.63, 3.8) is 0 Å². The van der Waals surface area contributed by atoms with Crippen LogP contribution >= 0.6 is 11.3 Å². The molecule has 4 aromatic heterocycles. The molecule has 13 heteroatoms. The van der Waals surface area contributed by atoms with Crippen LogP contribution in [-0.4, -0.2) is 35.0 Å². The average Bonchev–Trinajstić information content (AvgIpc) is 3.37. The predicted molar refractivity (Wildman–Crippen MR) is 98.8 cm³/mol. The molecule has 0 spiro atoms. The number of aromatic nitrogens is 5. The van der Waals surface area contributed by atoms with Gasteiger partial charge in [-0.2, -0.15) is 18.2 Å². The molecule has 1 atom stereocenters. The van der Waals surface area contributed by atoms with Crippen molar-refractivity contribution in [1.29, 1.82) is 0 Å². The van der Waals surface area contributed by atoms with Crippen LogP contribution in [0.2, 0.25) is 0 Å². The minimum absolute atomic E-state index is 0.172. The average molecular weight is 442 g/mol. The summed E-state index contributed by atoms with van der Waals surface area (Å²) in [5.74, 6) is -1.68. The summed E-state index contributed by atoms with van der Waals surface area (Å²) in [4.78, 5) is 11.9. The number of halogens is 3. The number of nitrogens with zero attached hydrogens (tertiary/aromatic N) is 6. The number of fused-ring (bicyclic) bond motifs is 1. The molecule has 152 valence electrons. The molecule has 0 aromatic carbocycles. The summed E-state index contributed by atoms with van der Waals surface area (Å²) < 4.78 is 61.6. The largest absolute Gasteiger partial charge is 0.471 e. The van der Waals surface area contributed by atoms with Gasteiger partial charge in [-0.15, -0.1) is 11.3 Å². The Balaban J connectivity index is 1.80. The number of hydrogen-bond acceptors (Lipinski definition) is 8. The number of alkyl halides is 3. The zero-order valence-corrected chi connectivity index (χ0v) is 16.7. The zero-order chi connectivity index (χ0) is 20.8. The molecule has 4 aromatic rings. The first-order valence-corrected chi connectivity index (χ1v) is 11.0. The highest BCUT2D eigenvalue weighted by Crippen LogP contribution is 2.30. The summed E-state index contributed by atoms with van der Waals surface area (Å²) in [5.41, 5.74) is 3.59. The van der Waals surface area contributed by atoms with Crippen LogP contribution in [0, 0.1) is 6.92 Å². The normalized spacial score (nSPS) is 14.2. The van der Waals surface area contributed by atoms with Crippen molar-refractivity contribution >= 4 is 26.7 Å². The van der Waals surface area contributed by atoms with Crippen LogP contribution in [-0.2, 0) is 22.5 Å². The maximum Gasteiger partial charge on any atom is 0.471 e. The minimum Gasteiger partial charge on any atom is -0.329 e. The molecule has 0 aliphatic rings. The summed E-state index contributed by atoms with van der Waals surface area (Å²) in [7, 11) is -2.87. The van der Waals surface area contributed by atoms with Crippen LogP contribution in [0.15, 0.2) is 43.1 Å². The SMILES string of the molecule is Cc1nc2ccc(-c3noc(C(F)(F)F)n3)cn2c1S(C)(=O)=NCc1cscn1. The molecular formula is C16H13F3N6O2S2. The van der Waals surface area contributed by atoms with Gasteiger partial charge in [0, 0.05) is 23.4 Å². The molecule has 0 saturated heterocycles. The van der Waals surface area contributed by atoms with Crippen LogP contribution in [0.25, 0.3) is 17.0 Å². The van der Waals surface area contributed by atoms with Gasteiger partial charge in [0.2, 0.25) is 5.82 Å². The van der Waals surface area contributed by atoms with Gasteiger partial charge in [0.05, 0.1) is 33.2 Å². The van der Waals surface area contributed by atoms with Crippen molar-refractivity contribution in [2.75, 3.05) is 6.26 Å². The van der Waals surface area contributed by atoms with E-state index in [1.807, 2.05) is 5.38 Å². The number of imidazole rings is 1. The van der Waals surface area contributed by atoms with Crippen molar-refractivity contribution in [3.8, 4) is 11.4 Å². The first-order valence-electron chi connectivity index (χ1n) is 8.10. The highest BCUT2D eigenvalue weighted by molar-refractivity contribution is 7.92. The van der Waals surface area contributed by atoms with Gasteiger partial charge >= 0.3 is 12.1 Å². The lowest BCUT2D eigenvalue weighted by atomic mass is 10.3. The molecule has 0 saturated carbocycles. The van der Waals surface area contributed by atoms with Gasteiger partial charge in [0.15, 0.2) is 0 Å². The number of hydrogen-bond donors (Lipinski definition) is 0. The lowest BCUT2D eigenvalue weighted by Crippen LogP contribution is -2.05. The van der Waals surface area contributed by atoms with E-state index in [1.54, 1.807) is 18.5 Å². The Morgan fingerprint density at radius 3 is 2.76 bits per heavy atom. The van der Waals surface area contributed by atoms with Crippen molar-refractivity contribution in [2.45, 2.75) is 24.7 Å². The molecule has 0 fully saturated rings. The number of aryl methyl sites for hydroxylation is 1. The highest BCUT2D eigenvalue weighted by Gasteiger charge is 2.38. The monoisotopic (exact) mass is 442 g/mol. The molecule has 0 aliphatic heterocycles. The Labute approximate surface area is 166 Å². The Kier molecular flexibility index (Phi) is 4.65. The van der Waals surface area contributed by atoms with Crippen LogP contribution in [0.4, 0.5) is 13.2 Å². The fourth-order valence-electron chi connectivity index (χ4n) is 2.75. The fraction of sp³-hybridized carbons (Fsp3) is 0.250. The third kappa shape index (κ3) is 3.74. The van der Waals surface area contributed by atoms with Gasteiger partial charge in [-0.3, -0.25) is 4.40 Å². The van der Waals surface area contributed by atoms with E-state index in [0.29, 0.717) is 22.1 Å². The van der Waals surface area contributed by atoms with Crippen LogP contribution < -0.4 is 0 Å². The Bertz CT molecular complexity index is 1300. The smallest absolute Gasteiger partial charge is 0.329 e. The van der Waals surface area contributed by atoms with Crippen LogP contribution in [0.5, 0.6) is 0 Å². The van der Waals surface area contributed by atoms with E-state index in [9.17, 15) is 17.4 Å². The molecule has 0 radical (unpaired) electrons. The third-order valence-corrected chi connectivity index (χ3v) is 6.45. The second kappa shape index (κ2) is 6.91. The van der Waals surface area contributed by atoms with Crippen LogP contribution in [0.3, 0.4) is 0 Å². The second-order valence-corrected chi connectivity index (χ2v) is 9.11. The molecule has 4 rings (SSSR count). The van der Waals surface area contributed by atoms with Crippen molar-refractivity contribution < 1.29 is 21.9 Å². The Hall–Kier alpha value is -2.80. The molecular weight excluding hydrogens is 429 g/mol. The van der Waals surface area contributed by atoms with Gasteiger partial charge in [-0.25, -0.2) is 18.5 Å². The first-order chi connectivity index (χ1) is 13.6. The minimum atomic E-state index is -4.74. The second-order valence-electron chi connectivity index (χ2n) is 6.14. The van der Waals surface area contributed by atoms with E-state index < -0.39 is 21.8 Å². The molecule has 0 aliphatic carbocycles. The van der Waals surface area contributed by atoms with E-state index in [2.05, 4.69) is 29.0 Å². The van der Waals surface area contributed by atoms with Gasteiger partial charge in [-0.1, -0.05) is 5.16 Å². The quantitative estimate of drug-likeness (QED) is 0.476. The molecule has 0 bridgehead atoms.